The van der Waals surface area contributed by atoms with E-state index in [0.717, 1.165) is 29.5 Å². The molecule has 0 bridgehead atoms. The van der Waals surface area contributed by atoms with Crippen molar-refractivity contribution in [1.29, 1.82) is 0 Å². The number of carbonyl (C=O) groups is 2. The molecule has 1 saturated heterocycles. The number of pyridine rings is 1. The number of carbonyl (C=O) groups excluding carboxylic acids is 2. The second kappa shape index (κ2) is 5.50. The van der Waals surface area contributed by atoms with Gasteiger partial charge in [0.2, 0.25) is 0 Å². The first kappa shape index (κ1) is 13.9. The third-order valence-electron chi connectivity index (χ3n) is 4.44. The SMILES string of the molecule is O=C1NC(C2CC2)C(=O)N1Cc1ccc(-c2cccnc2)cc1. The summed E-state index contributed by atoms with van der Waals surface area (Å²) < 4.78 is 0. The molecule has 1 saturated carbocycles. The van der Waals surface area contributed by atoms with Crippen LogP contribution < -0.4 is 5.32 Å². The predicted molar refractivity (Wildman–Crippen MR) is 85.3 cm³/mol. The molecule has 0 radical (unpaired) electrons. The van der Waals surface area contributed by atoms with Gasteiger partial charge in [-0.15, -0.1) is 0 Å². The van der Waals surface area contributed by atoms with E-state index >= 15 is 0 Å². The normalized spacial score (nSPS) is 20.7. The van der Waals surface area contributed by atoms with Crippen LogP contribution in [0.4, 0.5) is 4.79 Å². The molecule has 2 fully saturated rings. The largest absolute Gasteiger partial charge is 0.326 e. The molecule has 5 heteroatoms. The van der Waals surface area contributed by atoms with Gasteiger partial charge in [-0.1, -0.05) is 30.3 Å². The van der Waals surface area contributed by atoms with E-state index < -0.39 is 0 Å². The van der Waals surface area contributed by atoms with Crippen LogP contribution in [0.2, 0.25) is 0 Å². The zero-order valence-electron chi connectivity index (χ0n) is 12.6. The lowest BCUT2D eigenvalue weighted by atomic mass is 10.1. The van der Waals surface area contributed by atoms with Crippen LogP contribution in [-0.4, -0.2) is 27.9 Å². The van der Waals surface area contributed by atoms with Crippen molar-refractivity contribution in [2.24, 2.45) is 5.92 Å². The van der Waals surface area contributed by atoms with E-state index in [0.29, 0.717) is 12.5 Å². The van der Waals surface area contributed by atoms with Crippen LogP contribution in [0.25, 0.3) is 11.1 Å². The number of nitrogens with one attached hydrogen (secondary N) is 1. The van der Waals surface area contributed by atoms with Crippen LogP contribution in [0, 0.1) is 5.92 Å². The van der Waals surface area contributed by atoms with Gasteiger partial charge in [0.25, 0.3) is 5.91 Å². The lowest BCUT2D eigenvalue weighted by Gasteiger charge is -2.13. The maximum absolute atomic E-state index is 12.3. The number of hydrogen-bond donors (Lipinski definition) is 1. The van der Waals surface area contributed by atoms with Crippen LogP contribution in [0.3, 0.4) is 0 Å². The van der Waals surface area contributed by atoms with Crippen molar-refractivity contribution in [3.8, 4) is 11.1 Å². The smallest absolute Gasteiger partial charge is 0.325 e. The van der Waals surface area contributed by atoms with Crippen molar-refractivity contribution in [1.82, 2.24) is 15.2 Å². The number of amides is 3. The average Bonchev–Trinajstić information content (AvgIpc) is 3.39. The number of hydrogen-bond acceptors (Lipinski definition) is 3. The fraction of sp³-hybridized carbons (Fsp3) is 0.278. The first-order valence-corrected chi connectivity index (χ1v) is 7.83. The topological polar surface area (TPSA) is 62.3 Å². The molecule has 1 aromatic carbocycles. The lowest BCUT2D eigenvalue weighted by molar-refractivity contribution is -0.128. The van der Waals surface area contributed by atoms with Gasteiger partial charge in [-0.3, -0.25) is 14.7 Å². The third-order valence-corrected chi connectivity index (χ3v) is 4.44. The average molecular weight is 307 g/mol. The Labute approximate surface area is 134 Å². The van der Waals surface area contributed by atoms with Crippen molar-refractivity contribution in [3.63, 3.8) is 0 Å². The molecule has 116 valence electrons. The van der Waals surface area contributed by atoms with E-state index in [4.69, 9.17) is 0 Å². The van der Waals surface area contributed by atoms with E-state index in [1.807, 2.05) is 42.6 Å². The van der Waals surface area contributed by atoms with Gasteiger partial charge < -0.3 is 5.32 Å². The second-order valence-corrected chi connectivity index (χ2v) is 6.13. The summed E-state index contributed by atoms with van der Waals surface area (Å²) in [7, 11) is 0. The van der Waals surface area contributed by atoms with Crippen molar-refractivity contribution in [3.05, 3.63) is 54.4 Å². The minimum absolute atomic E-state index is 0.0890. The Morgan fingerprint density at radius 2 is 1.87 bits per heavy atom. The molecule has 2 aromatic rings. The molecule has 2 aliphatic rings. The molecule has 1 aromatic heterocycles. The number of rotatable bonds is 4. The van der Waals surface area contributed by atoms with Crippen LogP contribution >= 0.6 is 0 Å². The zero-order chi connectivity index (χ0) is 15.8. The highest BCUT2D eigenvalue weighted by Crippen LogP contribution is 2.35. The van der Waals surface area contributed by atoms with Crippen LogP contribution in [0.1, 0.15) is 18.4 Å². The second-order valence-electron chi connectivity index (χ2n) is 6.13. The maximum atomic E-state index is 12.3. The summed E-state index contributed by atoms with van der Waals surface area (Å²) in [6.07, 6.45) is 5.62. The van der Waals surface area contributed by atoms with Crippen molar-refractivity contribution >= 4 is 11.9 Å². The van der Waals surface area contributed by atoms with Crippen molar-refractivity contribution in [2.75, 3.05) is 0 Å². The number of urea groups is 1. The van der Waals surface area contributed by atoms with Gasteiger partial charge in [0.15, 0.2) is 0 Å². The van der Waals surface area contributed by atoms with Gasteiger partial charge in [-0.25, -0.2) is 4.79 Å². The highest BCUT2D eigenvalue weighted by atomic mass is 16.2. The number of imide groups is 1. The van der Waals surface area contributed by atoms with Gasteiger partial charge in [-0.2, -0.15) is 0 Å². The zero-order valence-corrected chi connectivity index (χ0v) is 12.6. The molecule has 1 N–H and O–H groups in total. The van der Waals surface area contributed by atoms with E-state index in [1.165, 1.54) is 4.90 Å². The lowest BCUT2D eigenvalue weighted by Crippen LogP contribution is -2.32. The summed E-state index contributed by atoms with van der Waals surface area (Å²) in [5.74, 6) is 0.248. The highest BCUT2D eigenvalue weighted by Gasteiger charge is 2.46. The Bertz CT molecular complexity index is 739. The molecule has 23 heavy (non-hydrogen) atoms. The fourth-order valence-electron chi connectivity index (χ4n) is 2.96. The molecular formula is C18H17N3O2. The monoisotopic (exact) mass is 307 g/mol. The van der Waals surface area contributed by atoms with E-state index in [2.05, 4.69) is 10.3 Å². The minimum atomic E-state index is -0.308. The van der Waals surface area contributed by atoms with E-state index in [-0.39, 0.29) is 18.0 Å². The molecule has 2 heterocycles. The first-order valence-electron chi connectivity index (χ1n) is 7.83. The van der Waals surface area contributed by atoms with E-state index in [1.54, 1.807) is 6.20 Å². The highest BCUT2D eigenvalue weighted by molar-refractivity contribution is 6.04. The fourth-order valence-corrected chi connectivity index (χ4v) is 2.96. The Hall–Kier alpha value is -2.69. The van der Waals surface area contributed by atoms with Gasteiger partial charge in [0, 0.05) is 12.4 Å². The van der Waals surface area contributed by atoms with Crippen LogP contribution in [0.15, 0.2) is 48.8 Å². The van der Waals surface area contributed by atoms with Crippen LogP contribution in [-0.2, 0) is 11.3 Å². The quantitative estimate of drug-likeness (QED) is 0.883. The summed E-state index contributed by atoms with van der Waals surface area (Å²) >= 11 is 0. The Morgan fingerprint density at radius 3 is 2.52 bits per heavy atom. The number of nitrogens with zero attached hydrogens (tertiary/aromatic N) is 2. The summed E-state index contributed by atoms with van der Waals surface area (Å²) in [6.45, 7) is 0.321. The van der Waals surface area contributed by atoms with Crippen molar-refractivity contribution in [2.45, 2.75) is 25.4 Å². The van der Waals surface area contributed by atoms with Gasteiger partial charge >= 0.3 is 6.03 Å². The molecule has 3 amide bonds. The van der Waals surface area contributed by atoms with Crippen LogP contribution in [0.5, 0.6) is 0 Å². The Balaban J connectivity index is 1.49. The molecule has 1 unspecified atom stereocenters. The third kappa shape index (κ3) is 2.70. The Morgan fingerprint density at radius 1 is 1.09 bits per heavy atom. The Kier molecular flexibility index (Phi) is 3.33. The molecule has 4 rings (SSSR count). The summed E-state index contributed by atoms with van der Waals surface area (Å²) in [5.41, 5.74) is 3.05. The predicted octanol–water partition coefficient (Wildman–Crippen LogP) is 2.58. The minimum Gasteiger partial charge on any atom is -0.326 e. The molecule has 1 aliphatic heterocycles. The van der Waals surface area contributed by atoms with E-state index in [9.17, 15) is 9.59 Å². The maximum Gasteiger partial charge on any atom is 0.325 e. The van der Waals surface area contributed by atoms with Gasteiger partial charge in [-0.05, 0) is 41.5 Å². The summed E-state index contributed by atoms with van der Waals surface area (Å²) in [6, 6.07) is 11.2. The molecule has 1 aliphatic carbocycles. The standard InChI is InChI=1S/C18H17N3O2/c22-17-16(14-7-8-14)20-18(23)21(17)11-12-3-5-13(6-4-12)15-2-1-9-19-10-15/h1-6,9-10,14,16H,7-8,11H2,(H,20,23). The molecular weight excluding hydrogens is 290 g/mol. The molecule has 0 spiro atoms. The van der Waals surface area contributed by atoms with Gasteiger partial charge in [0.05, 0.1) is 6.54 Å². The molecule has 5 nitrogen and oxygen atoms in total. The first-order chi connectivity index (χ1) is 11.2. The summed E-state index contributed by atoms with van der Waals surface area (Å²) in [4.78, 5) is 29.8. The van der Waals surface area contributed by atoms with Crippen molar-refractivity contribution < 1.29 is 9.59 Å². The number of aromatic nitrogens is 1. The van der Waals surface area contributed by atoms with Gasteiger partial charge in [0.1, 0.15) is 6.04 Å². The summed E-state index contributed by atoms with van der Waals surface area (Å²) in [5, 5.41) is 2.80. The molecule has 1 atom stereocenters. The number of benzene rings is 1.